The normalized spacial score (nSPS) is 17.8. The molecule has 3 aromatic heterocycles. The van der Waals surface area contributed by atoms with Crippen LogP contribution < -0.4 is 15.5 Å². The lowest BCUT2D eigenvalue weighted by Gasteiger charge is -2.32. The number of halogens is 1. The summed E-state index contributed by atoms with van der Waals surface area (Å²) in [6.45, 7) is 6.49. The summed E-state index contributed by atoms with van der Waals surface area (Å²) in [7, 11) is 0. The summed E-state index contributed by atoms with van der Waals surface area (Å²) in [6.07, 6.45) is 5.12. The highest BCUT2D eigenvalue weighted by atomic mass is 19.1. The molecule has 6 rings (SSSR count). The third-order valence-corrected chi connectivity index (χ3v) is 7.36. The standard InChI is InChI=1S/C28H29FN6O3/c1-28(2,37)17-15-34(9-10-38-16-17)19-3-6-24(30-12-19)33-22-5-4-20(21-13-32-27(36)26(21)22)23-14-31-25-11-18(29)7-8-35(23)25/h3-8,11-12,14,17,37H,9-10,13,15-16H2,1-2H3,(H,30,33)(H,32,36). The van der Waals surface area contributed by atoms with Crippen LogP contribution >= 0.6 is 0 Å². The third kappa shape index (κ3) is 4.46. The Hall–Kier alpha value is -4.02. The van der Waals surface area contributed by atoms with Crippen molar-refractivity contribution in [2.75, 3.05) is 36.5 Å². The van der Waals surface area contributed by atoms with Crippen LogP contribution in [0.15, 0.2) is 55.0 Å². The van der Waals surface area contributed by atoms with Gasteiger partial charge in [-0.3, -0.25) is 9.20 Å². The molecule has 4 aromatic rings. The Balaban J connectivity index is 1.27. The average molecular weight is 517 g/mol. The number of nitrogens with zero attached hydrogens (tertiary/aromatic N) is 4. The van der Waals surface area contributed by atoms with Crippen LogP contribution in [0.2, 0.25) is 0 Å². The first-order chi connectivity index (χ1) is 18.3. The van der Waals surface area contributed by atoms with Gasteiger partial charge in [0.1, 0.15) is 17.3 Å². The lowest BCUT2D eigenvalue weighted by molar-refractivity contribution is -0.0158. The van der Waals surface area contributed by atoms with Crippen LogP contribution in [0.25, 0.3) is 16.9 Å². The van der Waals surface area contributed by atoms with Crippen molar-refractivity contribution >= 4 is 28.7 Å². The van der Waals surface area contributed by atoms with Crippen LogP contribution in [0.5, 0.6) is 0 Å². The highest BCUT2D eigenvalue weighted by Crippen LogP contribution is 2.35. The summed E-state index contributed by atoms with van der Waals surface area (Å²) >= 11 is 0. The van der Waals surface area contributed by atoms with Gasteiger partial charge in [0.15, 0.2) is 0 Å². The highest BCUT2D eigenvalue weighted by molar-refractivity contribution is 6.06. The summed E-state index contributed by atoms with van der Waals surface area (Å²) in [5.41, 5.74) is 4.31. The number of hydrogen-bond acceptors (Lipinski definition) is 7. The number of fused-ring (bicyclic) bond motifs is 2. The molecular formula is C28H29FN6O3. The van der Waals surface area contributed by atoms with Gasteiger partial charge in [0.2, 0.25) is 0 Å². The number of benzene rings is 1. The second-order valence-electron chi connectivity index (χ2n) is 10.3. The Bertz CT molecular complexity index is 1510. The molecule has 1 fully saturated rings. The number of amides is 1. The van der Waals surface area contributed by atoms with Gasteiger partial charge in [0, 0.05) is 43.4 Å². The first kappa shape index (κ1) is 24.3. The fourth-order valence-corrected chi connectivity index (χ4v) is 5.10. The minimum absolute atomic E-state index is 0.0191. The molecule has 5 heterocycles. The molecule has 38 heavy (non-hydrogen) atoms. The molecule has 0 radical (unpaired) electrons. The van der Waals surface area contributed by atoms with Crippen molar-refractivity contribution in [3.63, 3.8) is 0 Å². The third-order valence-electron chi connectivity index (χ3n) is 7.36. The van der Waals surface area contributed by atoms with Gasteiger partial charge < -0.3 is 25.4 Å². The van der Waals surface area contributed by atoms with Crippen LogP contribution in [-0.2, 0) is 11.3 Å². The smallest absolute Gasteiger partial charge is 0.254 e. The van der Waals surface area contributed by atoms with Crippen molar-refractivity contribution in [2.45, 2.75) is 26.0 Å². The van der Waals surface area contributed by atoms with Crippen LogP contribution in [0.1, 0.15) is 29.8 Å². The largest absolute Gasteiger partial charge is 0.390 e. The molecule has 2 aliphatic heterocycles. The van der Waals surface area contributed by atoms with E-state index in [4.69, 9.17) is 4.74 Å². The van der Waals surface area contributed by atoms with Crippen LogP contribution in [0, 0.1) is 11.7 Å². The van der Waals surface area contributed by atoms with Crippen molar-refractivity contribution in [2.24, 2.45) is 5.92 Å². The molecule has 1 unspecified atom stereocenters. The van der Waals surface area contributed by atoms with E-state index >= 15 is 0 Å². The van der Waals surface area contributed by atoms with E-state index in [2.05, 4.69) is 25.5 Å². The minimum atomic E-state index is -0.843. The molecule has 0 saturated carbocycles. The Morgan fingerprint density at radius 1 is 1.18 bits per heavy atom. The maximum absolute atomic E-state index is 13.7. The lowest BCUT2D eigenvalue weighted by Crippen LogP contribution is -2.41. The van der Waals surface area contributed by atoms with E-state index in [1.165, 1.54) is 12.1 Å². The van der Waals surface area contributed by atoms with E-state index < -0.39 is 5.60 Å². The molecule has 1 saturated heterocycles. The molecule has 10 heteroatoms. The van der Waals surface area contributed by atoms with E-state index in [-0.39, 0.29) is 17.6 Å². The molecule has 0 aliphatic carbocycles. The Morgan fingerprint density at radius 2 is 2.05 bits per heavy atom. The van der Waals surface area contributed by atoms with E-state index in [1.807, 2.05) is 42.5 Å². The van der Waals surface area contributed by atoms with Crippen molar-refractivity contribution in [3.8, 4) is 11.3 Å². The van der Waals surface area contributed by atoms with Gasteiger partial charge in [-0.2, -0.15) is 0 Å². The van der Waals surface area contributed by atoms with Crippen LogP contribution in [0.4, 0.5) is 21.6 Å². The maximum atomic E-state index is 13.7. The lowest BCUT2D eigenvalue weighted by atomic mass is 9.91. The molecule has 1 aromatic carbocycles. The number of aliphatic hydroxyl groups is 1. The number of hydrogen-bond donors (Lipinski definition) is 3. The van der Waals surface area contributed by atoms with Crippen molar-refractivity contribution in [1.29, 1.82) is 0 Å². The quantitative estimate of drug-likeness (QED) is 0.371. The number of anilines is 3. The van der Waals surface area contributed by atoms with Gasteiger partial charge in [0.25, 0.3) is 5.91 Å². The number of imidazole rings is 1. The fraction of sp³-hybridized carbons (Fsp3) is 0.321. The number of nitrogens with one attached hydrogen (secondary N) is 2. The van der Waals surface area contributed by atoms with Crippen molar-refractivity contribution < 1.29 is 19.0 Å². The van der Waals surface area contributed by atoms with Gasteiger partial charge >= 0.3 is 0 Å². The molecule has 0 bridgehead atoms. The second kappa shape index (κ2) is 9.38. The van der Waals surface area contributed by atoms with E-state index in [0.29, 0.717) is 55.6 Å². The predicted molar refractivity (Wildman–Crippen MR) is 142 cm³/mol. The first-order valence-corrected chi connectivity index (χ1v) is 12.6. The summed E-state index contributed by atoms with van der Waals surface area (Å²) in [5.74, 6) is 0.0761. The fourth-order valence-electron chi connectivity index (χ4n) is 5.10. The highest BCUT2D eigenvalue weighted by Gasteiger charge is 2.31. The van der Waals surface area contributed by atoms with Crippen LogP contribution in [-0.4, -0.2) is 57.3 Å². The zero-order valence-electron chi connectivity index (χ0n) is 21.2. The van der Waals surface area contributed by atoms with Crippen molar-refractivity contribution in [1.82, 2.24) is 19.7 Å². The predicted octanol–water partition coefficient (Wildman–Crippen LogP) is 3.75. The van der Waals surface area contributed by atoms with Gasteiger partial charge in [-0.05, 0) is 43.7 Å². The minimum Gasteiger partial charge on any atom is -0.390 e. The van der Waals surface area contributed by atoms with Gasteiger partial charge in [-0.15, -0.1) is 0 Å². The molecular weight excluding hydrogens is 487 g/mol. The molecule has 3 N–H and O–H groups in total. The Kier molecular flexibility index (Phi) is 6.00. The first-order valence-electron chi connectivity index (χ1n) is 12.6. The van der Waals surface area contributed by atoms with Gasteiger partial charge in [0.05, 0.1) is 53.8 Å². The number of rotatable bonds is 5. The summed E-state index contributed by atoms with van der Waals surface area (Å²) in [5, 5.41) is 16.7. The monoisotopic (exact) mass is 516 g/mol. The molecule has 0 spiro atoms. The van der Waals surface area contributed by atoms with Crippen LogP contribution in [0.3, 0.4) is 0 Å². The van der Waals surface area contributed by atoms with E-state index in [1.54, 1.807) is 18.6 Å². The van der Waals surface area contributed by atoms with Crippen molar-refractivity contribution in [3.05, 3.63) is 71.9 Å². The Morgan fingerprint density at radius 3 is 2.84 bits per heavy atom. The average Bonchev–Trinajstić information content (AvgIpc) is 3.38. The van der Waals surface area contributed by atoms with Gasteiger partial charge in [-0.1, -0.05) is 6.07 Å². The number of carbonyl (C=O) groups is 1. The van der Waals surface area contributed by atoms with E-state index in [9.17, 15) is 14.3 Å². The zero-order valence-corrected chi connectivity index (χ0v) is 21.2. The van der Waals surface area contributed by atoms with Gasteiger partial charge in [-0.25, -0.2) is 14.4 Å². The number of ether oxygens (including phenoxy) is 1. The molecule has 9 nitrogen and oxygen atoms in total. The topological polar surface area (TPSA) is 104 Å². The summed E-state index contributed by atoms with van der Waals surface area (Å²) < 4.78 is 21.2. The molecule has 1 amide bonds. The van der Waals surface area contributed by atoms with E-state index in [0.717, 1.165) is 22.5 Å². The Labute approximate surface area is 219 Å². The maximum Gasteiger partial charge on any atom is 0.254 e. The number of aromatic nitrogens is 3. The summed E-state index contributed by atoms with van der Waals surface area (Å²) in [6, 6.07) is 10.4. The molecule has 196 valence electrons. The SMILES string of the molecule is CC(C)(O)C1COCCN(c2ccc(Nc3ccc(-c4cnc5cc(F)ccn45)c4c3C(=O)NC4)nc2)C1. The number of carbonyl (C=O) groups excluding carboxylic acids is 1. The summed E-state index contributed by atoms with van der Waals surface area (Å²) in [4.78, 5) is 23.9. The zero-order chi connectivity index (χ0) is 26.4. The second-order valence-corrected chi connectivity index (χ2v) is 10.3. The molecule has 2 aliphatic rings. The molecule has 1 atom stereocenters. The number of pyridine rings is 2.